The predicted octanol–water partition coefficient (Wildman–Crippen LogP) is 2.28. The van der Waals surface area contributed by atoms with Crippen molar-refractivity contribution in [2.75, 3.05) is 6.61 Å². The van der Waals surface area contributed by atoms with Crippen LogP contribution in [0.5, 0.6) is 0 Å². The molecule has 0 saturated heterocycles. The largest absolute Gasteiger partial charge is 0.466 e. The van der Waals surface area contributed by atoms with Gasteiger partial charge in [-0.05, 0) is 53.0 Å². The van der Waals surface area contributed by atoms with Crippen LogP contribution in [-0.4, -0.2) is 34.9 Å². The number of hydrogen-bond acceptors (Lipinski definition) is 5. The molecule has 22 heavy (non-hydrogen) atoms. The first-order valence-electron chi connectivity index (χ1n) is 7.53. The molecule has 5 heteroatoms. The number of aliphatic hydroxyl groups is 1. The smallest absolute Gasteiger partial charge is 0.305 e. The summed E-state index contributed by atoms with van der Waals surface area (Å²) in [7, 11) is 0. The predicted molar refractivity (Wildman–Crippen MR) is 82.2 cm³/mol. The standard InChI is InChI=1S/C17H24O5/c1-5-22-15(19)7-9-17(4,21)8-6-13-10-14(18)11(2)12(3)16(13)20/h10,21H,5-9H2,1-4H3. The van der Waals surface area contributed by atoms with Crippen molar-refractivity contribution < 1.29 is 24.2 Å². The van der Waals surface area contributed by atoms with E-state index >= 15 is 0 Å². The Balaban J connectivity index is 2.58. The minimum atomic E-state index is -1.08. The van der Waals surface area contributed by atoms with Gasteiger partial charge >= 0.3 is 5.97 Å². The molecule has 0 aromatic rings. The van der Waals surface area contributed by atoms with Gasteiger partial charge in [-0.1, -0.05) is 0 Å². The summed E-state index contributed by atoms with van der Waals surface area (Å²) >= 11 is 0. The Labute approximate surface area is 131 Å². The Hall–Kier alpha value is -1.75. The number of esters is 1. The van der Waals surface area contributed by atoms with E-state index in [1.165, 1.54) is 6.08 Å². The van der Waals surface area contributed by atoms with Crippen molar-refractivity contribution >= 4 is 17.5 Å². The molecule has 1 aliphatic rings. The molecule has 1 rings (SSSR count). The Bertz CT molecular complexity index is 537. The summed E-state index contributed by atoms with van der Waals surface area (Å²) in [6.07, 6.45) is 2.36. The molecular weight excluding hydrogens is 284 g/mol. The van der Waals surface area contributed by atoms with Crippen LogP contribution < -0.4 is 0 Å². The van der Waals surface area contributed by atoms with Crippen molar-refractivity contribution in [2.24, 2.45) is 0 Å². The molecule has 0 aromatic heterocycles. The van der Waals surface area contributed by atoms with E-state index in [1.54, 1.807) is 27.7 Å². The van der Waals surface area contributed by atoms with Gasteiger partial charge in [0.15, 0.2) is 11.6 Å². The van der Waals surface area contributed by atoms with Crippen molar-refractivity contribution in [3.63, 3.8) is 0 Å². The maximum atomic E-state index is 12.1. The van der Waals surface area contributed by atoms with E-state index in [2.05, 4.69) is 0 Å². The number of Topliss-reactive ketones (excluding diaryl/α,β-unsaturated/α-hetero) is 1. The van der Waals surface area contributed by atoms with Gasteiger partial charge in [-0.3, -0.25) is 14.4 Å². The number of rotatable bonds is 7. The number of carbonyl (C=O) groups is 3. The highest BCUT2D eigenvalue weighted by Crippen LogP contribution is 2.26. The molecular formula is C17H24O5. The minimum absolute atomic E-state index is 0.130. The van der Waals surface area contributed by atoms with Crippen molar-refractivity contribution in [1.29, 1.82) is 0 Å². The Morgan fingerprint density at radius 1 is 1.23 bits per heavy atom. The topological polar surface area (TPSA) is 80.7 Å². The summed E-state index contributed by atoms with van der Waals surface area (Å²) in [5, 5.41) is 10.3. The van der Waals surface area contributed by atoms with E-state index in [0.717, 1.165) is 0 Å². The molecule has 0 spiro atoms. The van der Waals surface area contributed by atoms with Crippen LogP contribution in [0.1, 0.15) is 53.4 Å². The maximum Gasteiger partial charge on any atom is 0.305 e. The Morgan fingerprint density at radius 3 is 2.45 bits per heavy atom. The highest BCUT2D eigenvalue weighted by molar-refractivity contribution is 6.22. The van der Waals surface area contributed by atoms with Crippen molar-refractivity contribution in [2.45, 2.75) is 59.0 Å². The summed E-state index contributed by atoms with van der Waals surface area (Å²) in [4.78, 5) is 35.2. The highest BCUT2D eigenvalue weighted by atomic mass is 16.5. The first-order chi connectivity index (χ1) is 10.2. The zero-order chi connectivity index (χ0) is 16.9. The summed E-state index contributed by atoms with van der Waals surface area (Å²) in [5.74, 6) is -0.642. The monoisotopic (exact) mass is 308 g/mol. The van der Waals surface area contributed by atoms with E-state index in [0.29, 0.717) is 36.2 Å². The number of carbonyl (C=O) groups excluding carboxylic acids is 3. The first kappa shape index (κ1) is 18.3. The number of ether oxygens (including phenoxy) is 1. The molecule has 0 fully saturated rings. The molecule has 0 saturated carbocycles. The van der Waals surface area contributed by atoms with Crippen LogP contribution in [0.2, 0.25) is 0 Å². The van der Waals surface area contributed by atoms with Crippen LogP contribution in [0.4, 0.5) is 0 Å². The molecule has 1 aliphatic carbocycles. The van der Waals surface area contributed by atoms with E-state index in [9.17, 15) is 19.5 Å². The van der Waals surface area contributed by atoms with Gasteiger partial charge in [0.1, 0.15) is 0 Å². The lowest BCUT2D eigenvalue weighted by Gasteiger charge is -2.24. The van der Waals surface area contributed by atoms with Gasteiger partial charge in [0, 0.05) is 23.1 Å². The molecule has 0 amide bonds. The van der Waals surface area contributed by atoms with Gasteiger partial charge in [0.2, 0.25) is 0 Å². The van der Waals surface area contributed by atoms with Crippen molar-refractivity contribution in [1.82, 2.24) is 0 Å². The third-order valence-electron chi connectivity index (χ3n) is 3.98. The van der Waals surface area contributed by atoms with E-state index < -0.39 is 5.60 Å². The SMILES string of the molecule is CCOC(=O)CCC(C)(O)CCC1=CC(=O)C(C)=C(C)C1=O. The van der Waals surface area contributed by atoms with Gasteiger partial charge in [0.25, 0.3) is 0 Å². The lowest BCUT2D eigenvalue weighted by atomic mass is 9.85. The van der Waals surface area contributed by atoms with Crippen LogP contribution >= 0.6 is 0 Å². The fraction of sp³-hybridized carbons (Fsp3) is 0.588. The second kappa shape index (κ2) is 7.49. The zero-order valence-corrected chi connectivity index (χ0v) is 13.7. The molecule has 1 unspecified atom stereocenters. The van der Waals surface area contributed by atoms with Crippen LogP contribution in [0, 0.1) is 0 Å². The summed E-state index contributed by atoms with van der Waals surface area (Å²) in [6.45, 7) is 6.94. The number of ketones is 2. The molecule has 0 aliphatic heterocycles. The Morgan fingerprint density at radius 2 is 1.86 bits per heavy atom. The molecule has 5 nitrogen and oxygen atoms in total. The van der Waals surface area contributed by atoms with E-state index in [-0.39, 0.29) is 30.4 Å². The molecule has 1 N–H and O–H groups in total. The third kappa shape index (κ3) is 4.91. The highest BCUT2D eigenvalue weighted by Gasteiger charge is 2.27. The maximum absolute atomic E-state index is 12.1. The number of hydrogen-bond donors (Lipinski definition) is 1. The van der Waals surface area contributed by atoms with Gasteiger partial charge in [0.05, 0.1) is 12.2 Å². The molecule has 0 radical (unpaired) electrons. The molecule has 0 heterocycles. The van der Waals surface area contributed by atoms with Gasteiger partial charge in [-0.25, -0.2) is 0 Å². The summed E-state index contributed by atoms with van der Waals surface area (Å²) < 4.78 is 4.82. The average Bonchev–Trinajstić information content (AvgIpc) is 2.46. The molecule has 1 atom stereocenters. The van der Waals surface area contributed by atoms with Crippen LogP contribution in [-0.2, 0) is 19.1 Å². The lowest BCUT2D eigenvalue weighted by Crippen LogP contribution is -2.27. The molecule has 0 aromatic carbocycles. The third-order valence-corrected chi connectivity index (χ3v) is 3.98. The second-order valence-corrected chi connectivity index (χ2v) is 5.91. The van der Waals surface area contributed by atoms with Crippen LogP contribution in [0.3, 0.4) is 0 Å². The fourth-order valence-electron chi connectivity index (χ4n) is 2.25. The first-order valence-corrected chi connectivity index (χ1v) is 7.53. The summed E-state index contributed by atoms with van der Waals surface area (Å²) in [6, 6.07) is 0. The van der Waals surface area contributed by atoms with E-state index in [1.807, 2.05) is 0 Å². The van der Waals surface area contributed by atoms with E-state index in [4.69, 9.17) is 4.74 Å². The van der Waals surface area contributed by atoms with Crippen LogP contribution in [0.15, 0.2) is 22.8 Å². The summed E-state index contributed by atoms with van der Waals surface area (Å²) in [5.41, 5.74) is 0.280. The quantitative estimate of drug-likeness (QED) is 0.576. The van der Waals surface area contributed by atoms with Gasteiger partial charge in [-0.15, -0.1) is 0 Å². The van der Waals surface area contributed by atoms with Crippen molar-refractivity contribution in [3.05, 3.63) is 22.8 Å². The zero-order valence-electron chi connectivity index (χ0n) is 13.7. The second-order valence-electron chi connectivity index (χ2n) is 5.91. The van der Waals surface area contributed by atoms with Gasteiger partial charge in [-0.2, -0.15) is 0 Å². The molecule has 0 bridgehead atoms. The number of allylic oxidation sites excluding steroid dienone is 4. The molecule has 122 valence electrons. The average molecular weight is 308 g/mol. The normalized spacial score (nSPS) is 18.1. The minimum Gasteiger partial charge on any atom is -0.466 e. The lowest BCUT2D eigenvalue weighted by molar-refractivity contribution is -0.144. The van der Waals surface area contributed by atoms with Crippen molar-refractivity contribution in [3.8, 4) is 0 Å². The van der Waals surface area contributed by atoms with Crippen LogP contribution in [0.25, 0.3) is 0 Å². The van der Waals surface area contributed by atoms with Gasteiger partial charge < -0.3 is 9.84 Å². The Kier molecular flexibility index (Phi) is 6.23. The fourth-order valence-corrected chi connectivity index (χ4v) is 2.25.